The van der Waals surface area contributed by atoms with E-state index in [1.54, 1.807) is 0 Å². The van der Waals surface area contributed by atoms with E-state index in [-0.39, 0.29) is 31.1 Å². The number of carbonyl (C=O) groups excluding carboxylic acids is 3. The van der Waals surface area contributed by atoms with E-state index in [4.69, 9.17) is 14.2 Å². The summed E-state index contributed by atoms with van der Waals surface area (Å²) in [7, 11) is 0. The quantitative estimate of drug-likeness (QED) is 0.0343. The van der Waals surface area contributed by atoms with Gasteiger partial charge in [-0.25, -0.2) is 0 Å². The van der Waals surface area contributed by atoms with Crippen molar-refractivity contribution in [1.29, 1.82) is 0 Å². The zero-order valence-corrected chi connectivity index (χ0v) is 45.2. The number of esters is 3. The lowest BCUT2D eigenvalue weighted by Gasteiger charge is -2.18. The molecule has 0 radical (unpaired) electrons. The SMILES string of the molecule is CCCCCCCCCCCCCCCCCCCC(=O)OC[C@@H](COC(=O)CCCCCCCCCCCCCC(C)C)OC(=O)CCCCCCCCCCCCCCCCCCC. The monoisotopic (exact) mass is 933 g/mol. The molecule has 0 rings (SSSR count). The predicted octanol–water partition coefficient (Wildman–Crippen LogP) is 19.8. The van der Waals surface area contributed by atoms with Crippen LogP contribution in [0.15, 0.2) is 0 Å². The minimum atomic E-state index is -0.762. The molecule has 0 bridgehead atoms. The van der Waals surface area contributed by atoms with Crippen LogP contribution < -0.4 is 0 Å². The Balaban J connectivity index is 4.29. The summed E-state index contributed by atoms with van der Waals surface area (Å²) in [5, 5.41) is 0. The van der Waals surface area contributed by atoms with Crippen LogP contribution >= 0.6 is 0 Å². The molecule has 0 aromatic rings. The van der Waals surface area contributed by atoms with Crippen LogP contribution in [0.25, 0.3) is 0 Å². The average Bonchev–Trinajstić information content (AvgIpc) is 3.30. The summed E-state index contributed by atoms with van der Waals surface area (Å²) >= 11 is 0. The van der Waals surface area contributed by atoms with E-state index in [0.717, 1.165) is 63.7 Å². The van der Waals surface area contributed by atoms with Gasteiger partial charge in [-0.05, 0) is 25.2 Å². The van der Waals surface area contributed by atoms with Gasteiger partial charge in [0.05, 0.1) is 0 Å². The van der Waals surface area contributed by atoms with Crippen LogP contribution in [0.3, 0.4) is 0 Å². The molecule has 1 atom stereocenters. The molecule has 0 aromatic carbocycles. The van der Waals surface area contributed by atoms with Gasteiger partial charge in [-0.3, -0.25) is 14.4 Å². The fourth-order valence-electron chi connectivity index (χ4n) is 9.28. The summed E-state index contributed by atoms with van der Waals surface area (Å²) in [6, 6.07) is 0. The van der Waals surface area contributed by atoms with Crippen molar-refractivity contribution in [2.24, 2.45) is 5.92 Å². The minimum absolute atomic E-state index is 0.0617. The van der Waals surface area contributed by atoms with Crippen molar-refractivity contribution < 1.29 is 28.6 Å². The normalized spacial score (nSPS) is 12.0. The Hall–Kier alpha value is -1.59. The van der Waals surface area contributed by atoms with Crippen LogP contribution in [0.1, 0.15) is 342 Å². The fourth-order valence-corrected chi connectivity index (χ4v) is 9.28. The highest BCUT2D eigenvalue weighted by molar-refractivity contribution is 5.71. The van der Waals surface area contributed by atoms with Gasteiger partial charge in [0.1, 0.15) is 13.2 Å². The van der Waals surface area contributed by atoms with E-state index in [2.05, 4.69) is 27.7 Å². The lowest BCUT2D eigenvalue weighted by Crippen LogP contribution is -2.30. The van der Waals surface area contributed by atoms with Crippen LogP contribution in [-0.4, -0.2) is 37.2 Å². The average molecular weight is 934 g/mol. The predicted molar refractivity (Wildman–Crippen MR) is 284 cm³/mol. The van der Waals surface area contributed by atoms with Gasteiger partial charge in [-0.2, -0.15) is 0 Å². The summed E-state index contributed by atoms with van der Waals surface area (Å²) in [6.45, 7) is 9.06. The molecule has 392 valence electrons. The molecule has 0 saturated carbocycles. The lowest BCUT2D eigenvalue weighted by molar-refractivity contribution is -0.167. The Morgan fingerprint density at radius 2 is 0.500 bits per heavy atom. The van der Waals surface area contributed by atoms with Crippen molar-refractivity contribution in [3.63, 3.8) is 0 Å². The van der Waals surface area contributed by atoms with Crippen molar-refractivity contribution in [2.45, 2.75) is 348 Å². The second kappa shape index (κ2) is 54.4. The van der Waals surface area contributed by atoms with Crippen molar-refractivity contribution in [1.82, 2.24) is 0 Å². The molecule has 0 spiro atoms. The molecule has 6 nitrogen and oxygen atoms in total. The van der Waals surface area contributed by atoms with Gasteiger partial charge < -0.3 is 14.2 Å². The first-order valence-corrected chi connectivity index (χ1v) is 29.9. The zero-order chi connectivity index (χ0) is 48.1. The molecule has 0 amide bonds. The molecule has 6 heteroatoms. The van der Waals surface area contributed by atoms with E-state index < -0.39 is 6.10 Å². The molecule has 0 aliphatic heterocycles. The van der Waals surface area contributed by atoms with E-state index >= 15 is 0 Å². The first kappa shape index (κ1) is 64.4. The highest BCUT2D eigenvalue weighted by Gasteiger charge is 2.19. The Kier molecular flexibility index (Phi) is 53.0. The molecule has 0 aliphatic rings. The highest BCUT2D eigenvalue weighted by atomic mass is 16.6. The second-order valence-electron chi connectivity index (χ2n) is 21.1. The summed E-state index contributed by atoms with van der Waals surface area (Å²) < 4.78 is 16.9. The molecule has 0 heterocycles. The number of rotatable bonds is 55. The molecule has 0 aromatic heterocycles. The van der Waals surface area contributed by atoms with Crippen LogP contribution in [0.2, 0.25) is 0 Å². The highest BCUT2D eigenvalue weighted by Crippen LogP contribution is 2.18. The van der Waals surface area contributed by atoms with Gasteiger partial charge in [-0.15, -0.1) is 0 Å². The van der Waals surface area contributed by atoms with Gasteiger partial charge in [0.15, 0.2) is 6.10 Å². The van der Waals surface area contributed by atoms with E-state index in [0.29, 0.717) is 19.3 Å². The van der Waals surface area contributed by atoms with Crippen LogP contribution in [0, 0.1) is 5.92 Å². The second-order valence-corrected chi connectivity index (χ2v) is 21.1. The lowest BCUT2D eigenvalue weighted by atomic mass is 10.0. The largest absolute Gasteiger partial charge is 0.462 e. The number of carbonyl (C=O) groups is 3. The Labute approximate surface area is 412 Å². The summed E-state index contributed by atoms with van der Waals surface area (Å²) in [5.41, 5.74) is 0. The van der Waals surface area contributed by atoms with Crippen LogP contribution in [0.4, 0.5) is 0 Å². The maximum Gasteiger partial charge on any atom is 0.306 e. The molecule has 0 saturated heterocycles. The Bertz CT molecular complexity index is 996. The molecule has 0 fully saturated rings. The topological polar surface area (TPSA) is 78.9 Å². The summed E-state index contributed by atoms with van der Waals surface area (Å²) in [5.74, 6) is -0.00635. The summed E-state index contributed by atoms with van der Waals surface area (Å²) in [6.07, 6.45) is 59.5. The van der Waals surface area contributed by atoms with Gasteiger partial charge in [-0.1, -0.05) is 304 Å². The fraction of sp³-hybridized carbons (Fsp3) is 0.950. The molecule has 66 heavy (non-hydrogen) atoms. The summed E-state index contributed by atoms with van der Waals surface area (Å²) in [4.78, 5) is 38.2. The van der Waals surface area contributed by atoms with Crippen molar-refractivity contribution in [2.75, 3.05) is 13.2 Å². The first-order valence-electron chi connectivity index (χ1n) is 29.9. The van der Waals surface area contributed by atoms with Gasteiger partial charge >= 0.3 is 17.9 Å². The molecular weight excluding hydrogens is 817 g/mol. The van der Waals surface area contributed by atoms with Crippen LogP contribution in [0.5, 0.6) is 0 Å². The minimum Gasteiger partial charge on any atom is -0.462 e. The maximum absolute atomic E-state index is 12.9. The molecule has 0 aliphatic carbocycles. The first-order chi connectivity index (χ1) is 32.4. The third-order valence-electron chi connectivity index (χ3n) is 13.8. The Morgan fingerprint density at radius 3 is 0.742 bits per heavy atom. The number of hydrogen-bond donors (Lipinski definition) is 0. The standard InChI is InChI=1S/C60H116O6/c1-5-7-9-11-13-15-17-19-21-23-25-27-31-35-39-43-47-51-58(61)64-54-57(55-65-59(62)52-48-44-40-36-33-29-30-34-38-42-46-50-56(3)4)66-60(63)53-49-45-41-37-32-28-26-24-22-20-18-16-14-12-10-8-6-2/h56-57H,5-55H2,1-4H3/t57-/m0/s1. The van der Waals surface area contributed by atoms with Crippen molar-refractivity contribution in [3.8, 4) is 0 Å². The van der Waals surface area contributed by atoms with Crippen LogP contribution in [-0.2, 0) is 28.6 Å². The molecular formula is C60H116O6. The number of hydrogen-bond acceptors (Lipinski definition) is 6. The van der Waals surface area contributed by atoms with Gasteiger partial charge in [0.25, 0.3) is 0 Å². The van der Waals surface area contributed by atoms with E-state index in [1.807, 2.05) is 0 Å². The maximum atomic E-state index is 12.9. The van der Waals surface area contributed by atoms with Crippen molar-refractivity contribution >= 4 is 17.9 Å². The Morgan fingerprint density at radius 1 is 0.288 bits per heavy atom. The third kappa shape index (κ3) is 53.4. The number of unbranched alkanes of at least 4 members (excludes halogenated alkanes) is 42. The van der Waals surface area contributed by atoms with Crippen molar-refractivity contribution in [3.05, 3.63) is 0 Å². The third-order valence-corrected chi connectivity index (χ3v) is 13.8. The van der Waals surface area contributed by atoms with E-state index in [9.17, 15) is 14.4 Å². The zero-order valence-electron chi connectivity index (χ0n) is 45.2. The number of ether oxygens (including phenoxy) is 3. The van der Waals surface area contributed by atoms with E-state index in [1.165, 1.54) is 238 Å². The van der Waals surface area contributed by atoms with Gasteiger partial charge in [0.2, 0.25) is 0 Å². The van der Waals surface area contributed by atoms with Gasteiger partial charge in [0, 0.05) is 19.3 Å². The molecule has 0 N–H and O–H groups in total. The molecule has 0 unspecified atom stereocenters. The smallest absolute Gasteiger partial charge is 0.306 e.